The molecule has 0 heterocycles. The molecule has 0 aliphatic heterocycles. The highest BCUT2D eigenvalue weighted by Gasteiger charge is 2.29. The van der Waals surface area contributed by atoms with Gasteiger partial charge in [-0.25, -0.2) is 4.79 Å². The third-order valence-electron chi connectivity index (χ3n) is 4.00. The van der Waals surface area contributed by atoms with Crippen LogP contribution in [-0.4, -0.2) is 40.7 Å². The number of rotatable bonds is 8. The molecule has 0 aromatic heterocycles. The van der Waals surface area contributed by atoms with Crippen molar-refractivity contribution in [2.45, 2.75) is 32.1 Å². The average Bonchev–Trinajstić information content (AvgIpc) is 2.64. The Morgan fingerprint density at radius 3 is 2.32 bits per heavy atom. The first-order valence-electron chi connectivity index (χ1n) is 8.50. The van der Waals surface area contributed by atoms with Crippen LogP contribution in [0.15, 0.2) is 54.6 Å². The van der Waals surface area contributed by atoms with Gasteiger partial charge in [0.1, 0.15) is 11.8 Å². The van der Waals surface area contributed by atoms with Gasteiger partial charge in [-0.2, -0.15) is 13.2 Å². The lowest BCUT2D eigenvalue weighted by Crippen LogP contribution is -2.43. The second-order valence-corrected chi connectivity index (χ2v) is 6.25. The van der Waals surface area contributed by atoms with E-state index in [1.54, 1.807) is 30.3 Å². The maximum atomic E-state index is 12.7. The Hall–Kier alpha value is -3.03. The van der Waals surface area contributed by atoms with Crippen LogP contribution in [0.2, 0.25) is 0 Å². The fraction of sp³-hybridized carbons (Fsp3) is 0.300. The molecule has 1 atom stereocenters. The Morgan fingerprint density at radius 2 is 1.71 bits per heavy atom. The molecule has 2 aromatic carbocycles. The van der Waals surface area contributed by atoms with Crippen LogP contribution in [0.5, 0.6) is 5.75 Å². The second kappa shape index (κ2) is 9.25. The summed E-state index contributed by atoms with van der Waals surface area (Å²) in [6.45, 7) is 0.0873. The minimum Gasteiger partial charge on any atom is -0.484 e. The maximum absolute atomic E-state index is 12.7. The summed E-state index contributed by atoms with van der Waals surface area (Å²) in [5, 5.41) is 9.32. The van der Waals surface area contributed by atoms with Gasteiger partial charge in [0.2, 0.25) is 5.91 Å². The number of carbonyl (C=O) groups is 2. The minimum atomic E-state index is -4.46. The quantitative estimate of drug-likeness (QED) is 0.741. The lowest BCUT2D eigenvalue weighted by Gasteiger charge is -2.27. The van der Waals surface area contributed by atoms with Crippen LogP contribution >= 0.6 is 0 Å². The molecular weight excluding hydrogens is 375 g/mol. The van der Waals surface area contributed by atoms with E-state index in [9.17, 15) is 27.9 Å². The van der Waals surface area contributed by atoms with E-state index in [1.807, 2.05) is 6.07 Å². The van der Waals surface area contributed by atoms with Crippen molar-refractivity contribution in [1.82, 2.24) is 4.90 Å². The molecule has 0 fully saturated rings. The Kier molecular flexibility index (Phi) is 7.03. The molecule has 0 saturated heterocycles. The minimum absolute atomic E-state index is 0.0106. The number of hydrogen-bond acceptors (Lipinski definition) is 3. The van der Waals surface area contributed by atoms with E-state index in [4.69, 9.17) is 4.74 Å². The molecule has 5 nitrogen and oxygen atoms in total. The third-order valence-corrected chi connectivity index (χ3v) is 4.00. The summed E-state index contributed by atoms with van der Waals surface area (Å²) in [7, 11) is 0. The number of alkyl halides is 3. The molecule has 0 saturated carbocycles. The Labute approximate surface area is 160 Å². The van der Waals surface area contributed by atoms with Crippen molar-refractivity contribution >= 4 is 11.9 Å². The molecular formula is C20H20F3NO4. The molecule has 1 amide bonds. The predicted octanol–water partition coefficient (Wildman–Crippen LogP) is 3.67. The molecule has 1 N–H and O–H groups in total. The van der Waals surface area contributed by atoms with Gasteiger partial charge in [-0.1, -0.05) is 42.5 Å². The summed E-state index contributed by atoms with van der Waals surface area (Å²) >= 11 is 0. The normalized spacial score (nSPS) is 12.3. The van der Waals surface area contributed by atoms with Crippen molar-refractivity contribution in [2.24, 2.45) is 0 Å². The Bertz CT molecular complexity index is 809. The molecule has 1 unspecified atom stereocenters. The highest BCUT2D eigenvalue weighted by atomic mass is 19.4. The zero-order chi connectivity index (χ0) is 20.7. The van der Waals surface area contributed by atoms with E-state index in [1.165, 1.54) is 30.0 Å². The standard InChI is InChI=1S/C20H20F3NO4/c1-14(19(26)27)24(12-15-6-3-2-4-7-15)18(25)11-16-8-5-9-17(10-16)28-13-20(21,22)23/h2-10,14H,11-13H2,1H3,(H,26,27). The number of benzene rings is 2. The molecule has 0 aliphatic rings. The predicted molar refractivity (Wildman–Crippen MR) is 95.8 cm³/mol. The van der Waals surface area contributed by atoms with Gasteiger partial charge in [0.15, 0.2) is 6.61 Å². The lowest BCUT2D eigenvalue weighted by atomic mass is 10.1. The van der Waals surface area contributed by atoms with Crippen molar-refractivity contribution in [1.29, 1.82) is 0 Å². The van der Waals surface area contributed by atoms with E-state index < -0.39 is 30.7 Å². The monoisotopic (exact) mass is 395 g/mol. The van der Waals surface area contributed by atoms with Gasteiger partial charge >= 0.3 is 12.1 Å². The van der Waals surface area contributed by atoms with E-state index in [0.717, 1.165) is 5.56 Å². The molecule has 0 bridgehead atoms. The van der Waals surface area contributed by atoms with E-state index in [2.05, 4.69) is 0 Å². The lowest BCUT2D eigenvalue weighted by molar-refractivity contribution is -0.153. The summed E-state index contributed by atoms with van der Waals surface area (Å²) in [6.07, 6.45) is -4.62. The Balaban J connectivity index is 2.13. The molecule has 2 aromatic rings. The van der Waals surface area contributed by atoms with Gasteiger partial charge in [0, 0.05) is 6.54 Å². The maximum Gasteiger partial charge on any atom is 0.422 e. The van der Waals surface area contributed by atoms with Crippen molar-refractivity contribution in [3.8, 4) is 5.75 Å². The van der Waals surface area contributed by atoms with Crippen LogP contribution in [0.4, 0.5) is 13.2 Å². The first kappa shape index (κ1) is 21.3. The topological polar surface area (TPSA) is 66.8 Å². The molecule has 8 heteroatoms. The van der Waals surface area contributed by atoms with Crippen LogP contribution in [0.3, 0.4) is 0 Å². The number of ether oxygens (including phenoxy) is 1. The van der Waals surface area contributed by atoms with E-state index in [0.29, 0.717) is 5.56 Å². The number of carboxylic acid groups (broad SMARTS) is 1. The number of amides is 1. The van der Waals surface area contributed by atoms with Crippen molar-refractivity contribution in [2.75, 3.05) is 6.61 Å². The molecule has 28 heavy (non-hydrogen) atoms. The van der Waals surface area contributed by atoms with E-state index in [-0.39, 0.29) is 18.7 Å². The second-order valence-electron chi connectivity index (χ2n) is 6.25. The summed E-state index contributed by atoms with van der Waals surface area (Å²) in [6, 6.07) is 13.6. The van der Waals surface area contributed by atoms with Gasteiger partial charge < -0.3 is 14.7 Å². The van der Waals surface area contributed by atoms with Crippen LogP contribution in [0.25, 0.3) is 0 Å². The van der Waals surface area contributed by atoms with Crippen LogP contribution in [0, 0.1) is 0 Å². The summed E-state index contributed by atoms with van der Waals surface area (Å²) < 4.78 is 41.6. The number of halogens is 3. The molecule has 2 rings (SSSR count). The van der Waals surface area contributed by atoms with Gasteiger partial charge in [-0.05, 0) is 30.2 Å². The number of aliphatic carboxylic acids is 1. The zero-order valence-electron chi connectivity index (χ0n) is 15.1. The summed E-state index contributed by atoms with van der Waals surface area (Å²) in [5.41, 5.74) is 1.20. The van der Waals surface area contributed by atoms with Crippen molar-refractivity contribution < 1.29 is 32.6 Å². The van der Waals surface area contributed by atoms with Crippen molar-refractivity contribution in [3.63, 3.8) is 0 Å². The average molecular weight is 395 g/mol. The van der Waals surface area contributed by atoms with E-state index >= 15 is 0 Å². The smallest absolute Gasteiger partial charge is 0.422 e. The fourth-order valence-corrected chi connectivity index (χ4v) is 2.54. The largest absolute Gasteiger partial charge is 0.484 e. The van der Waals surface area contributed by atoms with Crippen LogP contribution < -0.4 is 4.74 Å². The van der Waals surface area contributed by atoms with Crippen LogP contribution in [-0.2, 0) is 22.6 Å². The van der Waals surface area contributed by atoms with Gasteiger partial charge in [-0.3, -0.25) is 4.79 Å². The zero-order valence-corrected chi connectivity index (χ0v) is 15.1. The van der Waals surface area contributed by atoms with Crippen LogP contribution in [0.1, 0.15) is 18.1 Å². The first-order chi connectivity index (χ1) is 13.2. The number of carboxylic acids is 1. The van der Waals surface area contributed by atoms with Crippen molar-refractivity contribution in [3.05, 3.63) is 65.7 Å². The molecule has 0 aliphatic carbocycles. The highest BCUT2D eigenvalue weighted by Crippen LogP contribution is 2.20. The van der Waals surface area contributed by atoms with Gasteiger partial charge in [0.05, 0.1) is 6.42 Å². The number of nitrogens with zero attached hydrogens (tertiary/aromatic N) is 1. The molecule has 0 spiro atoms. The van der Waals surface area contributed by atoms with Gasteiger partial charge in [0.25, 0.3) is 0 Å². The summed E-state index contributed by atoms with van der Waals surface area (Å²) in [5.74, 6) is -1.61. The first-order valence-corrected chi connectivity index (χ1v) is 8.50. The highest BCUT2D eigenvalue weighted by molar-refractivity contribution is 5.84. The SMILES string of the molecule is CC(C(=O)O)N(Cc1ccccc1)C(=O)Cc1cccc(OCC(F)(F)F)c1. The number of carbonyl (C=O) groups excluding carboxylic acids is 1. The third kappa shape index (κ3) is 6.61. The molecule has 150 valence electrons. The number of hydrogen-bond donors (Lipinski definition) is 1. The fourth-order valence-electron chi connectivity index (χ4n) is 2.54. The Morgan fingerprint density at radius 1 is 1.07 bits per heavy atom. The summed E-state index contributed by atoms with van der Waals surface area (Å²) in [4.78, 5) is 25.4. The molecule has 0 radical (unpaired) electrons. The van der Waals surface area contributed by atoms with Gasteiger partial charge in [-0.15, -0.1) is 0 Å².